The van der Waals surface area contributed by atoms with Gasteiger partial charge in [0.2, 0.25) is 0 Å². The van der Waals surface area contributed by atoms with Crippen LogP contribution in [0.2, 0.25) is 5.02 Å². The molecule has 2 atom stereocenters. The molecular formula is C26H26ClN3. The zero-order valence-electron chi connectivity index (χ0n) is 17.2. The summed E-state index contributed by atoms with van der Waals surface area (Å²) >= 11 is 6.08. The SMILES string of the molecule is CC(c1[nH]c2ccccc2c1-c1cncc(-c2ccc(Cl)cc2)c1)C1CCCNC1. The molecule has 3 heterocycles. The summed E-state index contributed by atoms with van der Waals surface area (Å²) in [7, 11) is 0. The lowest BCUT2D eigenvalue weighted by Gasteiger charge is -2.28. The molecule has 0 radical (unpaired) electrons. The zero-order chi connectivity index (χ0) is 20.5. The van der Waals surface area contributed by atoms with Gasteiger partial charge in [0.25, 0.3) is 0 Å². The first-order valence-electron chi connectivity index (χ1n) is 10.7. The number of aromatic amines is 1. The summed E-state index contributed by atoms with van der Waals surface area (Å²) in [6.45, 7) is 4.58. The first kappa shape index (κ1) is 19.3. The number of benzene rings is 2. The Morgan fingerprint density at radius 2 is 1.80 bits per heavy atom. The second kappa shape index (κ2) is 8.25. The molecule has 4 heteroatoms. The van der Waals surface area contributed by atoms with Crippen LogP contribution in [0.1, 0.15) is 31.4 Å². The number of halogens is 1. The molecule has 152 valence electrons. The lowest BCUT2D eigenvalue weighted by molar-refractivity contribution is 0.332. The fourth-order valence-electron chi connectivity index (χ4n) is 4.73. The Kier molecular flexibility index (Phi) is 5.32. The molecule has 30 heavy (non-hydrogen) atoms. The van der Waals surface area contributed by atoms with Gasteiger partial charge in [-0.2, -0.15) is 0 Å². The van der Waals surface area contributed by atoms with E-state index in [2.05, 4.69) is 64.7 Å². The van der Waals surface area contributed by atoms with Gasteiger partial charge in [0.1, 0.15) is 0 Å². The van der Waals surface area contributed by atoms with Gasteiger partial charge in [0.15, 0.2) is 0 Å². The van der Waals surface area contributed by atoms with Crippen molar-refractivity contribution in [1.82, 2.24) is 15.3 Å². The zero-order valence-corrected chi connectivity index (χ0v) is 17.9. The monoisotopic (exact) mass is 415 g/mol. The van der Waals surface area contributed by atoms with Crippen LogP contribution < -0.4 is 5.32 Å². The predicted octanol–water partition coefficient (Wildman–Crippen LogP) is 6.65. The molecule has 4 aromatic rings. The molecule has 2 N–H and O–H groups in total. The van der Waals surface area contributed by atoms with E-state index in [1.54, 1.807) is 0 Å². The molecule has 5 rings (SSSR count). The highest BCUT2D eigenvalue weighted by Gasteiger charge is 2.26. The molecule has 1 aliphatic rings. The van der Waals surface area contributed by atoms with Crippen LogP contribution in [0.5, 0.6) is 0 Å². The van der Waals surface area contributed by atoms with Crippen molar-refractivity contribution < 1.29 is 0 Å². The van der Waals surface area contributed by atoms with Crippen molar-refractivity contribution in [2.45, 2.75) is 25.7 Å². The molecule has 0 amide bonds. The van der Waals surface area contributed by atoms with Gasteiger partial charge in [-0.15, -0.1) is 0 Å². The van der Waals surface area contributed by atoms with Crippen LogP contribution in [0.4, 0.5) is 0 Å². The molecule has 3 nitrogen and oxygen atoms in total. The van der Waals surface area contributed by atoms with Crippen molar-refractivity contribution >= 4 is 22.5 Å². The molecule has 0 spiro atoms. The third-order valence-electron chi connectivity index (χ3n) is 6.44. The van der Waals surface area contributed by atoms with Crippen molar-refractivity contribution in [3.8, 4) is 22.3 Å². The van der Waals surface area contributed by atoms with Gasteiger partial charge < -0.3 is 10.3 Å². The largest absolute Gasteiger partial charge is 0.358 e. The Hall–Kier alpha value is -2.62. The average Bonchev–Trinajstić information content (AvgIpc) is 3.19. The number of hydrogen-bond donors (Lipinski definition) is 2. The van der Waals surface area contributed by atoms with Gasteiger partial charge in [0.05, 0.1) is 0 Å². The van der Waals surface area contributed by atoms with Crippen molar-refractivity contribution in [3.63, 3.8) is 0 Å². The molecule has 0 saturated carbocycles. The number of aromatic nitrogens is 2. The van der Waals surface area contributed by atoms with E-state index >= 15 is 0 Å². The second-order valence-electron chi connectivity index (χ2n) is 8.32. The number of hydrogen-bond acceptors (Lipinski definition) is 2. The van der Waals surface area contributed by atoms with Crippen molar-refractivity contribution in [2.75, 3.05) is 13.1 Å². The number of nitrogens with one attached hydrogen (secondary N) is 2. The summed E-state index contributed by atoms with van der Waals surface area (Å²) in [6, 6.07) is 18.8. The van der Waals surface area contributed by atoms with E-state index in [0.717, 1.165) is 34.8 Å². The van der Waals surface area contributed by atoms with Crippen LogP contribution in [0.3, 0.4) is 0 Å². The van der Waals surface area contributed by atoms with Crippen molar-refractivity contribution in [1.29, 1.82) is 0 Å². The third kappa shape index (κ3) is 3.64. The topological polar surface area (TPSA) is 40.7 Å². The van der Waals surface area contributed by atoms with E-state index in [-0.39, 0.29) is 0 Å². The van der Waals surface area contributed by atoms with Gasteiger partial charge in [-0.05, 0) is 61.7 Å². The first-order chi connectivity index (χ1) is 14.7. The van der Waals surface area contributed by atoms with Crippen LogP contribution >= 0.6 is 11.6 Å². The highest BCUT2D eigenvalue weighted by Crippen LogP contribution is 2.40. The fraction of sp³-hybridized carbons (Fsp3) is 0.269. The van der Waals surface area contributed by atoms with E-state index < -0.39 is 0 Å². The lowest BCUT2D eigenvalue weighted by Crippen LogP contribution is -2.32. The standard InChI is InChI=1S/C26H26ClN3/c1-17(19-5-4-12-28-14-19)26-25(23-6-2-3-7-24(23)30-26)21-13-20(15-29-16-21)18-8-10-22(27)11-9-18/h2-3,6-11,13,15-17,19,28,30H,4-5,12,14H2,1H3. The Labute approximate surface area is 182 Å². The maximum Gasteiger partial charge on any atom is 0.0462 e. The number of rotatable bonds is 4. The van der Waals surface area contributed by atoms with E-state index in [4.69, 9.17) is 11.6 Å². The summed E-state index contributed by atoms with van der Waals surface area (Å²) in [5.74, 6) is 1.08. The van der Waals surface area contributed by atoms with Crippen molar-refractivity contribution in [3.05, 3.63) is 77.7 Å². The fourth-order valence-corrected chi connectivity index (χ4v) is 4.86. The summed E-state index contributed by atoms with van der Waals surface area (Å²) in [5.41, 5.74) is 7.18. The van der Waals surface area contributed by atoms with Crippen LogP contribution in [0.15, 0.2) is 67.0 Å². The molecule has 0 bridgehead atoms. The first-order valence-corrected chi connectivity index (χ1v) is 11.1. The van der Waals surface area contributed by atoms with E-state index in [1.165, 1.54) is 35.0 Å². The summed E-state index contributed by atoms with van der Waals surface area (Å²) in [6.07, 6.45) is 6.43. The van der Waals surface area contributed by atoms with Gasteiger partial charge in [-0.3, -0.25) is 4.98 Å². The van der Waals surface area contributed by atoms with Crippen LogP contribution in [-0.2, 0) is 0 Å². The number of fused-ring (bicyclic) bond motifs is 1. The Bertz CT molecular complexity index is 1160. The number of nitrogens with zero attached hydrogens (tertiary/aromatic N) is 1. The van der Waals surface area contributed by atoms with Gasteiger partial charge in [-0.1, -0.05) is 48.9 Å². The Morgan fingerprint density at radius 1 is 1.00 bits per heavy atom. The normalized spacial score (nSPS) is 17.9. The molecular weight excluding hydrogens is 390 g/mol. The minimum absolute atomic E-state index is 0.444. The Balaban J connectivity index is 1.63. The molecule has 1 saturated heterocycles. The molecule has 2 unspecified atom stereocenters. The predicted molar refractivity (Wildman–Crippen MR) is 126 cm³/mol. The maximum atomic E-state index is 6.08. The number of para-hydroxylation sites is 1. The molecule has 1 fully saturated rings. The number of pyridine rings is 1. The van der Waals surface area contributed by atoms with Crippen LogP contribution in [0.25, 0.3) is 33.2 Å². The van der Waals surface area contributed by atoms with E-state index in [0.29, 0.717) is 11.8 Å². The number of H-pyrrole nitrogens is 1. The Morgan fingerprint density at radius 3 is 2.60 bits per heavy atom. The summed E-state index contributed by atoms with van der Waals surface area (Å²) in [5, 5.41) is 5.59. The van der Waals surface area contributed by atoms with Crippen molar-refractivity contribution in [2.24, 2.45) is 5.92 Å². The van der Waals surface area contributed by atoms with Gasteiger partial charge in [-0.25, -0.2) is 0 Å². The highest BCUT2D eigenvalue weighted by atomic mass is 35.5. The van der Waals surface area contributed by atoms with E-state index in [9.17, 15) is 0 Å². The number of piperidine rings is 1. The van der Waals surface area contributed by atoms with Gasteiger partial charge in [0, 0.05) is 56.6 Å². The highest BCUT2D eigenvalue weighted by molar-refractivity contribution is 6.30. The maximum absolute atomic E-state index is 6.08. The minimum Gasteiger partial charge on any atom is -0.358 e. The second-order valence-corrected chi connectivity index (χ2v) is 8.76. The molecule has 1 aliphatic heterocycles. The summed E-state index contributed by atoms with van der Waals surface area (Å²) in [4.78, 5) is 8.35. The van der Waals surface area contributed by atoms with Gasteiger partial charge >= 0.3 is 0 Å². The van der Waals surface area contributed by atoms with E-state index in [1.807, 2.05) is 24.5 Å². The lowest BCUT2D eigenvalue weighted by atomic mass is 9.83. The van der Waals surface area contributed by atoms with Crippen LogP contribution in [0, 0.1) is 5.92 Å². The smallest absolute Gasteiger partial charge is 0.0462 e. The quantitative estimate of drug-likeness (QED) is 0.391. The summed E-state index contributed by atoms with van der Waals surface area (Å²) < 4.78 is 0. The minimum atomic E-state index is 0.444. The average molecular weight is 416 g/mol. The third-order valence-corrected chi connectivity index (χ3v) is 6.69. The molecule has 2 aromatic carbocycles. The molecule has 0 aliphatic carbocycles. The van der Waals surface area contributed by atoms with Crippen LogP contribution in [-0.4, -0.2) is 23.1 Å². The molecule has 2 aromatic heterocycles.